The molecule has 0 radical (unpaired) electrons. The average Bonchev–Trinajstić information content (AvgIpc) is 2.74. The lowest BCUT2D eigenvalue weighted by molar-refractivity contribution is -0.130. The molecule has 0 atom stereocenters. The summed E-state index contributed by atoms with van der Waals surface area (Å²) in [4.78, 5) is 14.6. The normalized spacial score (nSPS) is 11.6. The average molecular weight is 469 g/mol. The molecule has 3 aromatic rings. The minimum Gasteiger partial charge on any atom is -0.340 e. The van der Waals surface area contributed by atoms with Crippen LogP contribution in [0.5, 0.6) is 0 Å². The molecule has 7 heteroatoms. The van der Waals surface area contributed by atoms with Crippen molar-refractivity contribution in [1.29, 1.82) is 0 Å². The van der Waals surface area contributed by atoms with E-state index >= 15 is 0 Å². The van der Waals surface area contributed by atoms with E-state index in [-0.39, 0.29) is 24.5 Å². The molecule has 1 amide bonds. The van der Waals surface area contributed by atoms with Crippen molar-refractivity contribution in [2.24, 2.45) is 0 Å². The van der Waals surface area contributed by atoms with E-state index in [9.17, 15) is 17.6 Å². The number of hydrogen-bond donors (Lipinski definition) is 0. The summed E-state index contributed by atoms with van der Waals surface area (Å²) >= 11 is 0. The molecule has 0 aliphatic rings. The van der Waals surface area contributed by atoms with E-state index in [0.29, 0.717) is 16.7 Å². The minimum atomic E-state index is -3.98. The number of nitrogens with zero attached hydrogens (tertiary/aromatic N) is 2. The van der Waals surface area contributed by atoms with E-state index in [0.717, 1.165) is 11.1 Å². The quantitative estimate of drug-likeness (QED) is 0.486. The zero-order chi connectivity index (χ0) is 24.2. The SMILES string of the molecule is Cc1cc(C)c(S(=O)(=O)N(CC(=O)N(C)Cc2ccccc2F)Cc2ccccc2)c(C)c1. The van der Waals surface area contributed by atoms with E-state index in [1.807, 2.05) is 49.4 Å². The van der Waals surface area contributed by atoms with Crippen LogP contribution in [-0.2, 0) is 27.9 Å². The van der Waals surface area contributed by atoms with Gasteiger partial charge in [0.1, 0.15) is 5.82 Å². The number of rotatable bonds is 8. The van der Waals surface area contributed by atoms with Gasteiger partial charge in [-0.15, -0.1) is 0 Å². The summed E-state index contributed by atoms with van der Waals surface area (Å²) in [6, 6.07) is 19.0. The summed E-state index contributed by atoms with van der Waals surface area (Å²) in [5.74, 6) is -0.822. The van der Waals surface area contributed by atoms with Crippen molar-refractivity contribution in [2.45, 2.75) is 38.8 Å². The van der Waals surface area contributed by atoms with Crippen molar-refractivity contribution in [3.05, 3.63) is 100 Å². The standard InChI is InChI=1S/C26H29FN2O3S/c1-19-14-20(2)26(21(3)15-19)33(31,32)29(16-22-10-6-5-7-11-22)18-25(30)28(4)17-23-12-8-9-13-24(23)27/h5-15H,16-18H2,1-4H3. The first-order valence-electron chi connectivity index (χ1n) is 10.7. The third kappa shape index (κ3) is 5.86. The highest BCUT2D eigenvalue weighted by Gasteiger charge is 2.30. The Morgan fingerprint density at radius 1 is 0.879 bits per heavy atom. The summed E-state index contributed by atoms with van der Waals surface area (Å²) in [7, 11) is -2.43. The summed E-state index contributed by atoms with van der Waals surface area (Å²) in [5.41, 5.74) is 3.39. The first-order valence-corrected chi connectivity index (χ1v) is 12.1. The number of carbonyl (C=O) groups is 1. The zero-order valence-corrected chi connectivity index (χ0v) is 20.2. The fourth-order valence-electron chi connectivity index (χ4n) is 3.96. The number of amides is 1. The zero-order valence-electron chi connectivity index (χ0n) is 19.4. The van der Waals surface area contributed by atoms with Gasteiger partial charge in [0, 0.05) is 25.7 Å². The first-order chi connectivity index (χ1) is 15.6. The number of hydrogen-bond acceptors (Lipinski definition) is 3. The Labute approximate surface area is 195 Å². The molecule has 0 aliphatic heterocycles. The van der Waals surface area contributed by atoms with Crippen LogP contribution < -0.4 is 0 Å². The van der Waals surface area contributed by atoms with Crippen molar-refractivity contribution < 1.29 is 17.6 Å². The van der Waals surface area contributed by atoms with Crippen LogP contribution >= 0.6 is 0 Å². The topological polar surface area (TPSA) is 57.7 Å². The third-order valence-corrected chi connectivity index (χ3v) is 7.60. The van der Waals surface area contributed by atoms with Crippen LogP contribution in [0.4, 0.5) is 4.39 Å². The van der Waals surface area contributed by atoms with Crippen molar-refractivity contribution in [3.8, 4) is 0 Å². The molecule has 0 aliphatic carbocycles. The van der Waals surface area contributed by atoms with Crippen LogP contribution in [0.15, 0.2) is 71.6 Å². The Kier molecular flexibility index (Phi) is 7.66. The minimum absolute atomic E-state index is 0.0489. The maximum Gasteiger partial charge on any atom is 0.244 e. The van der Waals surface area contributed by atoms with Gasteiger partial charge in [0.2, 0.25) is 15.9 Å². The van der Waals surface area contributed by atoms with Crippen LogP contribution in [-0.4, -0.2) is 37.1 Å². The van der Waals surface area contributed by atoms with Crippen LogP contribution in [0.2, 0.25) is 0 Å². The first kappa shape index (κ1) is 24.6. The Hall–Kier alpha value is -3.03. The second-order valence-electron chi connectivity index (χ2n) is 8.33. The van der Waals surface area contributed by atoms with Gasteiger partial charge in [0.15, 0.2) is 0 Å². The van der Waals surface area contributed by atoms with Crippen LogP contribution in [0.1, 0.15) is 27.8 Å². The monoisotopic (exact) mass is 468 g/mol. The van der Waals surface area contributed by atoms with Gasteiger partial charge in [-0.05, 0) is 43.5 Å². The molecule has 0 fully saturated rings. The van der Waals surface area contributed by atoms with Gasteiger partial charge in [-0.3, -0.25) is 4.79 Å². The molecule has 0 spiro atoms. The third-order valence-electron chi connectivity index (χ3n) is 5.51. The van der Waals surface area contributed by atoms with E-state index in [1.54, 1.807) is 39.1 Å². The van der Waals surface area contributed by atoms with Gasteiger partial charge < -0.3 is 4.90 Å². The molecular formula is C26H29FN2O3S. The summed E-state index contributed by atoms with van der Waals surface area (Å²) < 4.78 is 42.8. The molecule has 0 saturated heterocycles. The van der Waals surface area contributed by atoms with Gasteiger partial charge in [-0.1, -0.05) is 66.2 Å². The molecule has 5 nitrogen and oxygen atoms in total. The number of aryl methyl sites for hydroxylation is 3. The molecule has 0 unspecified atom stereocenters. The number of halogens is 1. The number of benzene rings is 3. The van der Waals surface area contributed by atoms with Gasteiger partial charge in [-0.25, -0.2) is 12.8 Å². The van der Waals surface area contributed by atoms with Crippen LogP contribution in [0, 0.1) is 26.6 Å². The molecular weight excluding hydrogens is 439 g/mol. The Bertz CT molecular complexity index is 1220. The molecule has 33 heavy (non-hydrogen) atoms. The van der Waals surface area contributed by atoms with Crippen LogP contribution in [0.3, 0.4) is 0 Å². The van der Waals surface area contributed by atoms with Crippen molar-refractivity contribution in [2.75, 3.05) is 13.6 Å². The number of carbonyl (C=O) groups excluding carboxylic acids is 1. The van der Waals surface area contributed by atoms with Crippen molar-refractivity contribution >= 4 is 15.9 Å². The van der Waals surface area contributed by atoms with Gasteiger partial charge >= 0.3 is 0 Å². The Morgan fingerprint density at radius 2 is 1.45 bits per heavy atom. The van der Waals surface area contributed by atoms with Crippen molar-refractivity contribution in [3.63, 3.8) is 0 Å². The highest BCUT2D eigenvalue weighted by atomic mass is 32.2. The summed E-state index contributed by atoms with van der Waals surface area (Å²) in [5, 5.41) is 0. The van der Waals surface area contributed by atoms with Crippen LogP contribution in [0.25, 0.3) is 0 Å². The summed E-state index contributed by atoms with van der Waals surface area (Å²) in [6.07, 6.45) is 0. The second kappa shape index (κ2) is 10.3. The maximum absolute atomic E-state index is 14.1. The Balaban J connectivity index is 1.93. The molecule has 3 aromatic carbocycles. The number of sulfonamides is 1. The number of likely N-dealkylation sites (N-methyl/N-ethyl adjacent to an activating group) is 1. The molecule has 174 valence electrons. The maximum atomic E-state index is 14.1. The van der Waals surface area contributed by atoms with Gasteiger partial charge in [-0.2, -0.15) is 4.31 Å². The fourth-order valence-corrected chi connectivity index (χ4v) is 5.75. The predicted molar refractivity (Wildman–Crippen MR) is 128 cm³/mol. The lowest BCUT2D eigenvalue weighted by atomic mass is 10.1. The smallest absolute Gasteiger partial charge is 0.244 e. The second-order valence-corrected chi connectivity index (χ2v) is 10.2. The molecule has 3 rings (SSSR count). The van der Waals surface area contributed by atoms with Gasteiger partial charge in [0.05, 0.1) is 11.4 Å². The van der Waals surface area contributed by atoms with Crippen molar-refractivity contribution in [1.82, 2.24) is 9.21 Å². The van der Waals surface area contributed by atoms with Gasteiger partial charge in [0.25, 0.3) is 0 Å². The summed E-state index contributed by atoms with van der Waals surface area (Å²) in [6.45, 7) is 5.19. The highest BCUT2D eigenvalue weighted by Crippen LogP contribution is 2.26. The molecule has 0 saturated carbocycles. The molecule has 0 N–H and O–H groups in total. The molecule has 0 heterocycles. The lowest BCUT2D eigenvalue weighted by Crippen LogP contribution is -2.41. The molecule has 0 bridgehead atoms. The lowest BCUT2D eigenvalue weighted by Gasteiger charge is -2.26. The largest absolute Gasteiger partial charge is 0.340 e. The van der Waals surface area contributed by atoms with E-state index < -0.39 is 21.7 Å². The predicted octanol–water partition coefficient (Wildman–Crippen LogP) is 4.60. The fraction of sp³-hybridized carbons (Fsp3) is 0.269. The highest BCUT2D eigenvalue weighted by molar-refractivity contribution is 7.89. The van der Waals surface area contributed by atoms with E-state index in [2.05, 4.69) is 0 Å². The molecule has 0 aromatic heterocycles. The van der Waals surface area contributed by atoms with E-state index in [1.165, 1.54) is 15.3 Å². The Morgan fingerprint density at radius 3 is 2.06 bits per heavy atom. The van der Waals surface area contributed by atoms with E-state index in [4.69, 9.17) is 0 Å².